The average Bonchev–Trinajstić information content (AvgIpc) is 2.77. The zero-order chi connectivity index (χ0) is 20.2. The molecule has 0 saturated heterocycles. The third-order valence-corrected chi connectivity index (χ3v) is 5.28. The number of ether oxygens (including phenoxy) is 1. The topological polar surface area (TPSA) is 22.1 Å². The van der Waals surface area contributed by atoms with E-state index in [1.807, 2.05) is 24.5 Å². The summed E-state index contributed by atoms with van der Waals surface area (Å²) in [6.45, 7) is 3.08. The Labute approximate surface area is 175 Å². The molecule has 1 heterocycles. The van der Waals surface area contributed by atoms with Gasteiger partial charge < -0.3 is 4.74 Å². The second-order valence-corrected chi connectivity index (χ2v) is 7.71. The molecule has 29 heavy (non-hydrogen) atoms. The monoisotopic (exact) mass is 387 g/mol. The van der Waals surface area contributed by atoms with Gasteiger partial charge in [0.2, 0.25) is 0 Å². The van der Waals surface area contributed by atoms with Crippen LogP contribution in [-0.2, 0) is 0 Å². The normalized spacial score (nSPS) is 11.3. The van der Waals surface area contributed by atoms with Crippen LogP contribution in [0.4, 0.5) is 0 Å². The van der Waals surface area contributed by atoms with Crippen molar-refractivity contribution in [3.8, 4) is 5.75 Å². The average molecular weight is 388 g/mol. The Morgan fingerprint density at radius 1 is 0.690 bits per heavy atom. The zero-order valence-corrected chi connectivity index (χ0v) is 17.6. The molecule has 1 aromatic heterocycles. The van der Waals surface area contributed by atoms with E-state index in [1.165, 1.54) is 61.3 Å². The Morgan fingerprint density at radius 3 is 2.14 bits per heavy atom. The van der Waals surface area contributed by atoms with E-state index in [-0.39, 0.29) is 0 Å². The minimum atomic E-state index is 0.813. The Hall–Kier alpha value is -2.61. The number of hydrogen-bond acceptors (Lipinski definition) is 2. The van der Waals surface area contributed by atoms with Crippen molar-refractivity contribution in [3.05, 3.63) is 72.1 Å². The maximum absolute atomic E-state index is 5.97. The summed E-state index contributed by atoms with van der Waals surface area (Å²) in [5.74, 6) is 0.973. The highest BCUT2D eigenvalue weighted by atomic mass is 16.5. The minimum absolute atomic E-state index is 0.813. The highest BCUT2D eigenvalue weighted by Crippen LogP contribution is 2.23. The molecule has 0 aliphatic carbocycles. The maximum Gasteiger partial charge on any atom is 0.119 e. The molecule has 0 atom stereocenters. The molecule has 2 aromatic carbocycles. The van der Waals surface area contributed by atoms with Crippen LogP contribution < -0.4 is 4.74 Å². The van der Waals surface area contributed by atoms with Gasteiger partial charge in [0, 0.05) is 12.4 Å². The van der Waals surface area contributed by atoms with Crippen molar-refractivity contribution in [2.24, 2.45) is 0 Å². The number of pyridine rings is 1. The molecule has 2 nitrogen and oxygen atoms in total. The minimum Gasteiger partial charge on any atom is -0.494 e. The first kappa shape index (κ1) is 21.1. The van der Waals surface area contributed by atoms with Gasteiger partial charge in [-0.1, -0.05) is 82.2 Å². The van der Waals surface area contributed by atoms with Crippen molar-refractivity contribution in [2.45, 2.75) is 58.3 Å². The lowest BCUT2D eigenvalue weighted by Gasteiger charge is -2.08. The molecule has 0 radical (unpaired) electrons. The third-order valence-electron chi connectivity index (χ3n) is 5.28. The van der Waals surface area contributed by atoms with Crippen LogP contribution in [0.3, 0.4) is 0 Å². The molecule has 0 bridgehead atoms. The molecule has 0 aliphatic heterocycles. The first-order valence-corrected chi connectivity index (χ1v) is 11.1. The van der Waals surface area contributed by atoms with Gasteiger partial charge >= 0.3 is 0 Å². The zero-order valence-electron chi connectivity index (χ0n) is 17.6. The number of nitrogens with zero attached hydrogens (tertiary/aromatic N) is 1. The van der Waals surface area contributed by atoms with E-state index in [2.05, 4.69) is 60.5 Å². The molecule has 152 valence electrons. The van der Waals surface area contributed by atoms with Crippen molar-refractivity contribution in [3.63, 3.8) is 0 Å². The van der Waals surface area contributed by atoms with E-state index in [4.69, 9.17) is 4.74 Å². The summed E-state index contributed by atoms with van der Waals surface area (Å²) in [5, 5.41) is 2.46. The molecule has 0 unspecified atom stereocenters. The second-order valence-electron chi connectivity index (χ2n) is 7.71. The van der Waals surface area contributed by atoms with Gasteiger partial charge in [-0.3, -0.25) is 4.98 Å². The van der Waals surface area contributed by atoms with E-state index < -0.39 is 0 Å². The fourth-order valence-corrected chi connectivity index (χ4v) is 3.53. The standard InChI is InChI=1S/C27H33NO/c1-2-3-4-5-6-7-8-9-20-29-27-15-14-25-21-24(12-13-26(25)22-27)11-10-23-16-18-28-19-17-23/h10-19,21-22H,2-9,20H2,1H3/b11-10+. The van der Waals surface area contributed by atoms with E-state index in [0.29, 0.717) is 0 Å². The Balaban J connectivity index is 1.45. The molecule has 0 N–H and O–H groups in total. The third kappa shape index (κ3) is 7.38. The molecular weight excluding hydrogens is 354 g/mol. The van der Waals surface area contributed by atoms with Crippen molar-refractivity contribution >= 4 is 22.9 Å². The van der Waals surface area contributed by atoms with Crippen molar-refractivity contribution in [2.75, 3.05) is 6.61 Å². The number of benzene rings is 2. The number of aromatic nitrogens is 1. The Bertz CT molecular complexity index is 885. The largest absolute Gasteiger partial charge is 0.494 e. The molecule has 3 rings (SSSR count). The highest BCUT2D eigenvalue weighted by Gasteiger charge is 1.99. The van der Waals surface area contributed by atoms with E-state index in [1.54, 1.807) is 0 Å². The van der Waals surface area contributed by atoms with Crippen LogP contribution in [0.5, 0.6) is 5.75 Å². The van der Waals surface area contributed by atoms with Crippen LogP contribution in [0.15, 0.2) is 60.9 Å². The van der Waals surface area contributed by atoms with E-state index in [0.717, 1.165) is 24.3 Å². The molecule has 3 aromatic rings. The van der Waals surface area contributed by atoms with Crippen LogP contribution >= 0.6 is 0 Å². The second kappa shape index (κ2) is 12.1. The van der Waals surface area contributed by atoms with E-state index in [9.17, 15) is 0 Å². The maximum atomic E-state index is 5.97. The lowest BCUT2D eigenvalue weighted by molar-refractivity contribution is 0.304. The summed E-state index contributed by atoms with van der Waals surface area (Å²) in [6.07, 6.45) is 18.5. The fraction of sp³-hybridized carbons (Fsp3) is 0.370. The summed E-state index contributed by atoms with van der Waals surface area (Å²) >= 11 is 0. The highest BCUT2D eigenvalue weighted by molar-refractivity contribution is 5.87. The van der Waals surface area contributed by atoms with Gasteiger partial charge in [0.25, 0.3) is 0 Å². The summed E-state index contributed by atoms with van der Waals surface area (Å²) in [7, 11) is 0. The summed E-state index contributed by atoms with van der Waals surface area (Å²) < 4.78 is 5.97. The summed E-state index contributed by atoms with van der Waals surface area (Å²) in [6, 6.07) is 17.0. The van der Waals surface area contributed by atoms with Crippen molar-refractivity contribution in [1.82, 2.24) is 4.98 Å². The Kier molecular flexibility index (Phi) is 8.78. The van der Waals surface area contributed by atoms with Crippen LogP contribution in [0.1, 0.15) is 69.4 Å². The van der Waals surface area contributed by atoms with Crippen molar-refractivity contribution < 1.29 is 4.74 Å². The molecule has 2 heteroatoms. The lowest BCUT2D eigenvalue weighted by atomic mass is 10.1. The van der Waals surface area contributed by atoms with Crippen molar-refractivity contribution in [1.29, 1.82) is 0 Å². The fourth-order valence-electron chi connectivity index (χ4n) is 3.53. The number of unbranched alkanes of at least 4 members (excludes halogenated alkanes) is 7. The first-order chi connectivity index (χ1) is 14.3. The predicted molar refractivity (Wildman–Crippen MR) is 125 cm³/mol. The Morgan fingerprint density at radius 2 is 1.34 bits per heavy atom. The summed E-state index contributed by atoms with van der Waals surface area (Å²) in [4.78, 5) is 4.05. The van der Waals surface area contributed by atoms with Gasteiger partial charge in [-0.25, -0.2) is 0 Å². The van der Waals surface area contributed by atoms with Crippen LogP contribution in [0, 0.1) is 0 Å². The van der Waals surface area contributed by atoms with Gasteiger partial charge in [0.05, 0.1) is 6.61 Å². The van der Waals surface area contributed by atoms with Gasteiger partial charge in [0.15, 0.2) is 0 Å². The molecule has 0 spiro atoms. The van der Waals surface area contributed by atoms with E-state index >= 15 is 0 Å². The SMILES string of the molecule is CCCCCCCCCCOc1ccc2cc(/C=C/c3ccncc3)ccc2c1. The summed E-state index contributed by atoms with van der Waals surface area (Å²) in [5.41, 5.74) is 2.35. The molecule has 0 saturated carbocycles. The quantitative estimate of drug-likeness (QED) is 0.294. The van der Waals surface area contributed by atoms with Gasteiger partial charge in [-0.05, 0) is 58.7 Å². The van der Waals surface area contributed by atoms with Gasteiger partial charge in [0.1, 0.15) is 5.75 Å². The molecule has 0 amide bonds. The van der Waals surface area contributed by atoms with Gasteiger partial charge in [-0.15, -0.1) is 0 Å². The molecule has 0 aliphatic rings. The van der Waals surface area contributed by atoms with Crippen LogP contribution in [0.2, 0.25) is 0 Å². The lowest BCUT2D eigenvalue weighted by Crippen LogP contribution is -1.97. The van der Waals surface area contributed by atoms with Gasteiger partial charge in [-0.2, -0.15) is 0 Å². The molecular formula is C27H33NO. The molecule has 0 fully saturated rings. The first-order valence-electron chi connectivity index (χ1n) is 11.1. The number of rotatable bonds is 12. The van der Waals surface area contributed by atoms with Crippen LogP contribution in [0.25, 0.3) is 22.9 Å². The number of fused-ring (bicyclic) bond motifs is 1. The smallest absolute Gasteiger partial charge is 0.119 e. The van der Waals surface area contributed by atoms with Crippen LogP contribution in [-0.4, -0.2) is 11.6 Å². The predicted octanol–water partition coefficient (Wildman–Crippen LogP) is 7.92. The number of hydrogen-bond donors (Lipinski definition) is 0.